The van der Waals surface area contributed by atoms with Crippen molar-refractivity contribution >= 4 is 17.8 Å². The molecule has 3 heterocycles. The number of halogens is 4. The summed E-state index contributed by atoms with van der Waals surface area (Å²) in [7, 11) is 0. The van der Waals surface area contributed by atoms with Crippen LogP contribution in [0.4, 0.5) is 23.4 Å². The second-order valence-electron chi connectivity index (χ2n) is 12.5. The van der Waals surface area contributed by atoms with Gasteiger partial charge >= 0.3 is 6.18 Å². The van der Waals surface area contributed by atoms with E-state index < -0.39 is 29.7 Å². The van der Waals surface area contributed by atoms with Gasteiger partial charge < -0.3 is 19.9 Å². The Balaban J connectivity index is 0.00000319. The summed E-state index contributed by atoms with van der Waals surface area (Å²) >= 11 is 1.08. The zero-order chi connectivity index (χ0) is 36.1. The molecular weight excluding hydrogens is 658 g/mol. The van der Waals surface area contributed by atoms with Crippen LogP contribution >= 0.6 is 11.9 Å². The molecule has 0 aliphatic rings. The quantitative estimate of drug-likeness (QED) is 0.0432. The molecular formula is C35H47F4N7O2S. The normalized spacial score (nSPS) is 12.0. The van der Waals surface area contributed by atoms with E-state index >= 15 is 0 Å². The van der Waals surface area contributed by atoms with E-state index in [0.29, 0.717) is 28.9 Å². The highest BCUT2D eigenvalue weighted by molar-refractivity contribution is 8.00. The average molecular weight is 706 g/mol. The first-order valence-corrected chi connectivity index (χ1v) is 17.2. The third kappa shape index (κ3) is 12.6. The molecule has 1 aromatic carbocycles. The number of hydrogen-bond donors (Lipinski definition) is 3. The van der Waals surface area contributed by atoms with Gasteiger partial charge in [-0.1, -0.05) is 57.0 Å². The second kappa shape index (κ2) is 18.3. The number of ether oxygens (including phenoxy) is 1. The molecule has 0 bridgehead atoms. The zero-order valence-corrected chi connectivity index (χ0v) is 29.8. The molecule has 0 spiro atoms. The van der Waals surface area contributed by atoms with Crippen molar-refractivity contribution in [1.82, 2.24) is 30.0 Å². The number of alkyl halides is 3. The van der Waals surface area contributed by atoms with Crippen LogP contribution in [-0.4, -0.2) is 61.3 Å². The minimum Gasteiger partial charge on any atom is -0.476 e. The predicted molar refractivity (Wildman–Crippen MR) is 186 cm³/mol. The molecule has 0 saturated carbocycles. The first kappa shape index (κ1) is 39.7. The van der Waals surface area contributed by atoms with Crippen LogP contribution in [0.1, 0.15) is 72.8 Å². The molecule has 0 unspecified atom stereocenters. The number of aryl methyl sites for hydroxylation is 1. The van der Waals surface area contributed by atoms with Crippen LogP contribution < -0.4 is 14.8 Å². The summed E-state index contributed by atoms with van der Waals surface area (Å²) in [5.41, 5.74) is -0.414. The molecule has 3 aromatic heterocycles. The summed E-state index contributed by atoms with van der Waals surface area (Å²) in [5, 5.41) is 17.9. The standard InChI is InChI=1S/C33H41F4N7O2S.C2H6/c1-31(2,33(35,36)37)22-46-27-17-19-44(42-27)30-29(41-26(20-39-30)43-47-28-16-11-15-25(34)40-28)24-14-9-8-13-23(24)12-7-5-6-10-18-38-21-32(3,4)45;1-2/h8-9,11,13-17,19-20,38,45H,5-7,10,12,18,21-22H2,1-4H3,(H,41,43);1-2H3. The molecule has 0 saturated heterocycles. The first-order valence-electron chi connectivity index (χ1n) is 16.4. The van der Waals surface area contributed by atoms with Gasteiger partial charge in [-0.25, -0.2) is 19.6 Å². The molecule has 0 fully saturated rings. The van der Waals surface area contributed by atoms with E-state index in [-0.39, 0.29) is 5.88 Å². The smallest absolute Gasteiger partial charge is 0.397 e. The van der Waals surface area contributed by atoms with Gasteiger partial charge in [0, 0.05) is 36.3 Å². The van der Waals surface area contributed by atoms with Crippen molar-refractivity contribution in [3.05, 3.63) is 72.4 Å². The van der Waals surface area contributed by atoms with Gasteiger partial charge in [0.05, 0.1) is 17.2 Å². The Morgan fingerprint density at radius 3 is 2.37 bits per heavy atom. The van der Waals surface area contributed by atoms with Gasteiger partial charge in [0.15, 0.2) is 11.6 Å². The maximum absolute atomic E-state index is 13.6. The number of rotatable bonds is 17. The maximum Gasteiger partial charge on any atom is 0.397 e. The van der Waals surface area contributed by atoms with Gasteiger partial charge in [-0.2, -0.15) is 17.6 Å². The lowest BCUT2D eigenvalue weighted by Gasteiger charge is -2.26. The Morgan fingerprint density at radius 1 is 0.918 bits per heavy atom. The van der Waals surface area contributed by atoms with Crippen LogP contribution in [0.15, 0.2) is 66.0 Å². The van der Waals surface area contributed by atoms with Crippen molar-refractivity contribution in [2.45, 2.75) is 90.4 Å². The van der Waals surface area contributed by atoms with E-state index in [1.807, 2.05) is 38.1 Å². The molecule has 9 nitrogen and oxygen atoms in total. The van der Waals surface area contributed by atoms with Crippen molar-refractivity contribution < 1.29 is 27.4 Å². The molecule has 0 aliphatic carbocycles. The van der Waals surface area contributed by atoms with E-state index in [2.05, 4.69) is 25.1 Å². The van der Waals surface area contributed by atoms with Gasteiger partial charge in [0.2, 0.25) is 11.8 Å². The fraction of sp³-hybridized carbons (Fsp3) is 0.486. The van der Waals surface area contributed by atoms with Gasteiger partial charge in [-0.05, 0) is 71.2 Å². The van der Waals surface area contributed by atoms with Crippen LogP contribution in [0.2, 0.25) is 0 Å². The number of aromatic nitrogens is 5. The van der Waals surface area contributed by atoms with Crippen LogP contribution in [0.5, 0.6) is 5.88 Å². The van der Waals surface area contributed by atoms with E-state index in [4.69, 9.17) is 9.72 Å². The first-order chi connectivity index (χ1) is 23.2. The number of benzene rings is 1. The molecule has 0 aliphatic heterocycles. The summed E-state index contributed by atoms with van der Waals surface area (Å²) in [6, 6.07) is 13.8. The topological polar surface area (TPSA) is 110 Å². The summed E-state index contributed by atoms with van der Waals surface area (Å²) in [5.74, 6) is 0.173. The van der Waals surface area contributed by atoms with E-state index in [0.717, 1.165) is 75.6 Å². The highest BCUT2D eigenvalue weighted by Crippen LogP contribution is 2.38. The molecule has 268 valence electrons. The Hall–Kier alpha value is -3.75. The summed E-state index contributed by atoms with van der Waals surface area (Å²) in [4.78, 5) is 13.3. The van der Waals surface area contributed by atoms with Crippen LogP contribution in [0.3, 0.4) is 0 Å². The lowest BCUT2D eigenvalue weighted by atomic mass is 9.94. The number of nitrogens with one attached hydrogen (secondary N) is 2. The highest BCUT2D eigenvalue weighted by Gasteiger charge is 2.48. The Kier molecular flexibility index (Phi) is 14.8. The molecule has 49 heavy (non-hydrogen) atoms. The Morgan fingerprint density at radius 2 is 1.65 bits per heavy atom. The molecule has 4 rings (SSSR count). The lowest BCUT2D eigenvalue weighted by molar-refractivity contribution is -0.219. The number of unbranched alkanes of at least 4 members (excludes halogenated alkanes) is 3. The minimum absolute atomic E-state index is 0.0235. The Labute approximate surface area is 290 Å². The second-order valence-corrected chi connectivity index (χ2v) is 13.3. The largest absolute Gasteiger partial charge is 0.476 e. The Bertz CT molecular complexity index is 1590. The minimum atomic E-state index is -4.44. The molecule has 3 N–H and O–H groups in total. The average Bonchev–Trinajstić information content (AvgIpc) is 3.53. The predicted octanol–water partition coefficient (Wildman–Crippen LogP) is 8.44. The summed E-state index contributed by atoms with van der Waals surface area (Å²) in [6.45, 7) is 10.5. The summed E-state index contributed by atoms with van der Waals surface area (Å²) in [6.07, 6.45) is 3.41. The maximum atomic E-state index is 13.6. The number of nitrogens with zero attached hydrogens (tertiary/aromatic N) is 5. The zero-order valence-electron chi connectivity index (χ0n) is 28.9. The van der Waals surface area contributed by atoms with Crippen LogP contribution in [0.25, 0.3) is 17.1 Å². The molecule has 0 amide bonds. The summed E-state index contributed by atoms with van der Waals surface area (Å²) < 4.78 is 63.7. The molecule has 4 aromatic rings. The fourth-order valence-electron chi connectivity index (χ4n) is 4.45. The van der Waals surface area contributed by atoms with Crippen LogP contribution in [0, 0.1) is 11.4 Å². The third-order valence-corrected chi connectivity index (χ3v) is 7.96. The van der Waals surface area contributed by atoms with Crippen molar-refractivity contribution in [3.8, 4) is 23.0 Å². The molecule has 0 atom stereocenters. The monoisotopic (exact) mass is 705 g/mol. The third-order valence-electron chi connectivity index (χ3n) is 7.21. The van der Waals surface area contributed by atoms with Gasteiger partial charge in [0.25, 0.3) is 0 Å². The van der Waals surface area contributed by atoms with Gasteiger partial charge in [-0.15, -0.1) is 5.10 Å². The van der Waals surface area contributed by atoms with Crippen molar-refractivity contribution in [2.75, 3.05) is 24.4 Å². The fourth-order valence-corrected chi connectivity index (χ4v) is 5.04. The number of anilines is 1. The molecule has 0 radical (unpaired) electrons. The van der Waals surface area contributed by atoms with Gasteiger partial charge in [0.1, 0.15) is 17.3 Å². The van der Waals surface area contributed by atoms with Crippen molar-refractivity contribution in [3.63, 3.8) is 0 Å². The number of aliphatic hydroxyl groups is 1. The van der Waals surface area contributed by atoms with Crippen molar-refractivity contribution in [1.29, 1.82) is 0 Å². The number of hydrogen-bond acceptors (Lipinski definition) is 9. The van der Waals surface area contributed by atoms with E-state index in [9.17, 15) is 22.7 Å². The van der Waals surface area contributed by atoms with E-state index in [1.54, 1.807) is 32.2 Å². The number of pyridine rings is 1. The van der Waals surface area contributed by atoms with Gasteiger partial charge in [-0.3, -0.25) is 0 Å². The highest BCUT2D eigenvalue weighted by atomic mass is 32.2. The lowest BCUT2D eigenvalue weighted by Crippen LogP contribution is -2.37. The van der Waals surface area contributed by atoms with Crippen molar-refractivity contribution in [2.24, 2.45) is 5.41 Å². The van der Waals surface area contributed by atoms with E-state index in [1.165, 1.54) is 23.0 Å². The molecule has 14 heteroatoms. The SMILES string of the molecule is CC.CC(C)(O)CNCCCCCCc1ccccc1-c1nc(NSc2cccc(F)n2)cnc1-n1ccc(OCC(C)(C)C(F)(F)F)n1. The van der Waals surface area contributed by atoms with Crippen LogP contribution in [-0.2, 0) is 6.42 Å².